The van der Waals surface area contributed by atoms with Crippen LogP contribution < -0.4 is 0 Å². The Bertz CT molecular complexity index is 2120. The molecule has 0 saturated heterocycles. The van der Waals surface area contributed by atoms with Crippen LogP contribution in [-0.4, -0.2) is 9.55 Å². The second-order valence-electron chi connectivity index (χ2n) is 9.62. The van der Waals surface area contributed by atoms with E-state index in [0.29, 0.717) is 0 Å². The van der Waals surface area contributed by atoms with Crippen molar-refractivity contribution in [3.8, 4) is 28.2 Å². The largest absolute Gasteiger partial charge is 0.455 e. The number of nitrogens with zero attached hydrogens (tertiary/aromatic N) is 2. The van der Waals surface area contributed by atoms with Gasteiger partial charge in [-0.15, -0.1) is 0 Å². The van der Waals surface area contributed by atoms with E-state index in [4.69, 9.17) is 9.40 Å². The van der Waals surface area contributed by atoms with Gasteiger partial charge in [-0.2, -0.15) is 0 Å². The maximum absolute atomic E-state index is 6.47. The third-order valence-electron chi connectivity index (χ3n) is 7.40. The Labute approximate surface area is 226 Å². The lowest BCUT2D eigenvalue weighted by Crippen LogP contribution is -1.97. The van der Waals surface area contributed by atoms with E-state index in [0.717, 1.165) is 61.2 Å². The normalized spacial score (nSPS) is 11.4. The molecule has 6 aromatic carbocycles. The van der Waals surface area contributed by atoms with E-state index >= 15 is 0 Å². The third kappa shape index (κ3) is 3.55. The molecule has 0 unspecified atom stereocenters. The predicted octanol–water partition coefficient (Wildman–Crippen LogP) is 10.0. The van der Waals surface area contributed by atoms with Crippen molar-refractivity contribution in [3.05, 3.63) is 133 Å². The molecule has 2 heterocycles. The van der Waals surface area contributed by atoms with Crippen molar-refractivity contribution in [1.29, 1.82) is 0 Å². The summed E-state index contributed by atoms with van der Waals surface area (Å²) in [6.07, 6.45) is 0. The van der Waals surface area contributed by atoms with Crippen molar-refractivity contribution < 1.29 is 4.42 Å². The molecule has 0 amide bonds. The molecule has 0 atom stereocenters. The lowest BCUT2D eigenvalue weighted by Gasteiger charge is -2.12. The summed E-state index contributed by atoms with van der Waals surface area (Å²) in [6, 6.07) is 46.5. The van der Waals surface area contributed by atoms with Crippen molar-refractivity contribution in [2.75, 3.05) is 0 Å². The Morgan fingerprint density at radius 2 is 1.26 bits per heavy atom. The quantitative estimate of drug-likeness (QED) is 0.241. The van der Waals surface area contributed by atoms with Crippen LogP contribution >= 0.6 is 0 Å². The number of furan rings is 1. The molecule has 0 aliphatic carbocycles. The summed E-state index contributed by atoms with van der Waals surface area (Å²) in [7, 11) is 0. The fraction of sp³-hybridized carbons (Fsp3) is 0.0278. The Kier molecular flexibility index (Phi) is 5.31. The monoisotopic (exact) mass is 502 g/mol. The molecule has 0 aliphatic rings. The molecule has 3 nitrogen and oxygen atoms in total. The smallest absolute Gasteiger partial charge is 0.145 e. The summed E-state index contributed by atoms with van der Waals surface area (Å²) in [5.74, 6) is 0.935. The maximum Gasteiger partial charge on any atom is 0.145 e. The van der Waals surface area contributed by atoms with E-state index in [1.807, 2.05) is 24.3 Å². The highest BCUT2D eigenvalue weighted by Crippen LogP contribution is 2.41. The van der Waals surface area contributed by atoms with Gasteiger partial charge in [0.15, 0.2) is 0 Å². The van der Waals surface area contributed by atoms with E-state index in [2.05, 4.69) is 114 Å². The van der Waals surface area contributed by atoms with Gasteiger partial charge in [0, 0.05) is 27.6 Å². The summed E-state index contributed by atoms with van der Waals surface area (Å²) >= 11 is 0. The third-order valence-corrected chi connectivity index (χ3v) is 7.40. The minimum absolute atomic E-state index is 0. The molecule has 8 aromatic rings. The van der Waals surface area contributed by atoms with Crippen LogP contribution in [0.5, 0.6) is 0 Å². The highest BCUT2D eigenvalue weighted by Gasteiger charge is 2.18. The van der Waals surface area contributed by atoms with E-state index < -0.39 is 0 Å². The van der Waals surface area contributed by atoms with Gasteiger partial charge in [0.05, 0.1) is 11.0 Å². The van der Waals surface area contributed by atoms with E-state index in [-0.39, 0.29) is 7.43 Å². The molecule has 0 saturated carbocycles. The SMILES string of the molecule is C.c1ccc(-c2nc3ccccc3n2-c2ccc(-c3c4ccccc4cc4c3oc3ccccc34)cc2)cc1. The van der Waals surface area contributed by atoms with Crippen molar-refractivity contribution in [1.82, 2.24) is 9.55 Å². The van der Waals surface area contributed by atoms with Crippen LogP contribution in [0.3, 0.4) is 0 Å². The second kappa shape index (κ2) is 9.00. The van der Waals surface area contributed by atoms with Gasteiger partial charge in [-0.3, -0.25) is 4.57 Å². The summed E-state index contributed by atoms with van der Waals surface area (Å²) in [4.78, 5) is 4.99. The second-order valence-corrected chi connectivity index (χ2v) is 9.62. The zero-order chi connectivity index (χ0) is 25.1. The number of para-hydroxylation sites is 3. The molecule has 3 heteroatoms. The van der Waals surface area contributed by atoms with Crippen molar-refractivity contribution in [2.45, 2.75) is 7.43 Å². The van der Waals surface area contributed by atoms with Gasteiger partial charge in [-0.1, -0.05) is 104 Å². The first-order valence-corrected chi connectivity index (χ1v) is 12.8. The van der Waals surface area contributed by atoms with Gasteiger partial charge in [0.1, 0.15) is 17.0 Å². The highest BCUT2D eigenvalue weighted by atomic mass is 16.3. The standard InChI is InChI=1S/C35H22N2O.CH4/c1-2-10-24(11-3-1)35-36-30-15-7-8-16-31(30)37(35)26-20-18-23(19-21-26)33-27-13-5-4-12-25(27)22-29-28-14-6-9-17-32(28)38-34(29)33;/h1-22H;1H4. The number of benzene rings is 6. The molecule has 0 spiro atoms. The Morgan fingerprint density at radius 3 is 2.10 bits per heavy atom. The van der Waals surface area contributed by atoms with Crippen LogP contribution in [0.25, 0.3) is 71.9 Å². The van der Waals surface area contributed by atoms with Crippen LogP contribution in [0.2, 0.25) is 0 Å². The van der Waals surface area contributed by atoms with Crippen LogP contribution in [0, 0.1) is 0 Å². The predicted molar refractivity (Wildman–Crippen MR) is 163 cm³/mol. The van der Waals surface area contributed by atoms with Gasteiger partial charge in [-0.05, 0) is 52.7 Å². The van der Waals surface area contributed by atoms with E-state index in [9.17, 15) is 0 Å². The lowest BCUT2D eigenvalue weighted by atomic mass is 9.95. The van der Waals surface area contributed by atoms with Gasteiger partial charge in [0.25, 0.3) is 0 Å². The summed E-state index contributed by atoms with van der Waals surface area (Å²) in [6.45, 7) is 0. The maximum atomic E-state index is 6.47. The van der Waals surface area contributed by atoms with Crippen molar-refractivity contribution in [3.63, 3.8) is 0 Å². The van der Waals surface area contributed by atoms with Crippen LogP contribution in [0.15, 0.2) is 138 Å². The summed E-state index contributed by atoms with van der Waals surface area (Å²) in [5, 5.41) is 4.68. The van der Waals surface area contributed by atoms with Gasteiger partial charge < -0.3 is 4.42 Å². The average molecular weight is 503 g/mol. The summed E-state index contributed by atoms with van der Waals surface area (Å²) < 4.78 is 8.71. The average Bonchev–Trinajstić information content (AvgIpc) is 3.55. The Hall–Kier alpha value is -5.15. The first-order chi connectivity index (χ1) is 18.8. The molecule has 0 fully saturated rings. The van der Waals surface area contributed by atoms with Crippen molar-refractivity contribution >= 4 is 43.7 Å². The zero-order valence-corrected chi connectivity index (χ0v) is 20.5. The number of rotatable bonds is 3. The number of hydrogen-bond acceptors (Lipinski definition) is 2. The molecule has 0 radical (unpaired) electrons. The number of hydrogen-bond donors (Lipinski definition) is 0. The first-order valence-electron chi connectivity index (χ1n) is 12.8. The molecule has 0 N–H and O–H groups in total. The molecule has 8 rings (SSSR count). The molecular formula is C36H26N2O. The van der Waals surface area contributed by atoms with Gasteiger partial charge in [0.2, 0.25) is 0 Å². The molecule has 0 aliphatic heterocycles. The minimum Gasteiger partial charge on any atom is -0.455 e. The molecule has 39 heavy (non-hydrogen) atoms. The Morgan fingerprint density at radius 1 is 0.564 bits per heavy atom. The number of fused-ring (bicyclic) bond motifs is 5. The van der Waals surface area contributed by atoms with Crippen molar-refractivity contribution in [2.24, 2.45) is 0 Å². The van der Waals surface area contributed by atoms with Crippen LogP contribution in [0.1, 0.15) is 7.43 Å². The first kappa shape index (κ1) is 23.0. The summed E-state index contributed by atoms with van der Waals surface area (Å²) in [5.41, 5.74) is 8.31. The minimum atomic E-state index is 0. The molecule has 0 bridgehead atoms. The molecular weight excluding hydrogens is 476 g/mol. The molecule has 186 valence electrons. The van der Waals surface area contributed by atoms with Gasteiger partial charge in [-0.25, -0.2) is 4.98 Å². The molecule has 2 aromatic heterocycles. The fourth-order valence-electron chi connectivity index (χ4n) is 5.65. The lowest BCUT2D eigenvalue weighted by molar-refractivity contribution is 0.670. The Balaban J connectivity index is 0.00000253. The number of aromatic nitrogens is 2. The van der Waals surface area contributed by atoms with Gasteiger partial charge >= 0.3 is 0 Å². The van der Waals surface area contributed by atoms with Crippen LogP contribution in [-0.2, 0) is 0 Å². The fourth-order valence-corrected chi connectivity index (χ4v) is 5.65. The zero-order valence-electron chi connectivity index (χ0n) is 20.5. The van der Waals surface area contributed by atoms with E-state index in [1.165, 1.54) is 10.8 Å². The van der Waals surface area contributed by atoms with Crippen LogP contribution in [0.4, 0.5) is 0 Å². The topological polar surface area (TPSA) is 31.0 Å². The number of imidazole rings is 1. The van der Waals surface area contributed by atoms with E-state index in [1.54, 1.807) is 0 Å². The highest BCUT2D eigenvalue weighted by molar-refractivity contribution is 6.18.